The van der Waals surface area contributed by atoms with Crippen molar-refractivity contribution in [1.82, 2.24) is 19.6 Å². The van der Waals surface area contributed by atoms with Crippen molar-refractivity contribution in [3.63, 3.8) is 0 Å². The Kier molecular flexibility index (Phi) is 6.45. The topological polar surface area (TPSA) is 89.2 Å². The number of imidazole rings is 1. The Morgan fingerprint density at radius 2 is 1.44 bits per heavy atom. The van der Waals surface area contributed by atoms with Gasteiger partial charge in [0.15, 0.2) is 22.8 Å². The number of aryl methyl sites for hydroxylation is 1. The Morgan fingerprint density at radius 1 is 0.794 bits per heavy atom. The molecule has 0 N–H and O–H groups in total. The average molecular weight is 465 g/mol. The Hall–Kier alpha value is -4.01. The molecule has 4 aromatic rings. The van der Waals surface area contributed by atoms with Crippen LogP contribution in [0.25, 0.3) is 16.9 Å². The summed E-state index contributed by atoms with van der Waals surface area (Å²) in [4.78, 5) is 9.50. The van der Waals surface area contributed by atoms with Crippen molar-refractivity contribution in [3.8, 4) is 46.0 Å². The van der Waals surface area contributed by atoms with Crippen LogP contribution < -0.4 is 23.7 Å². The Bertz CT molecular complexity index is 1290. The van der Waals surface area contributed by atoms with Gasteiger partial charge < -0.3 is 23.7 Å². The molecule has 2 aromatic heterocycles. The number of methoxy groups -OCH3 is 4. The van der Waals surface area contributed by atoms with Crippen LogP contribution in [0, 0.1) is 6.92 Å². The summed E-state index contributed by atoms with van der Waals surface area (Å²) in [6.45, 7) is 6.06. The Balaban J connectivity index is 1.90. The van der Waals surface area contributed by atoms with Crippen LogP contribution in [0.1, 0.15) is 31.3 Å². The molecule has 0 spiro atoms. The van der Waals surface area contributed by atoms with Gasteiger partial charge in [0.05, 0.1) is 34.1 Å². The number of hydrogen-bond acceptors (Lipinski definition) is 8. The van der Waals surface area contributed by atoms with Crippen LogP contribution in [0.2, 0.25) is 0 Å². The highest BCUT2D eigenvalue weighted by atomic mass is 16.5. The number of ether oxygens (including phenoxy) is 5. The van der Waals surface area contributed by atoms with E-state index < -0.39 is 0 Å². The number of nitrogens with zero attached hydrogens (tertiary/aromatic N) is 4. The Labute approximate surface area is 198 Å². The number of hydrogen-bond donors (Lipinski definition) is 0. The smallest absolute Gasteiger partial charge is 0.249 e. The number of benzene rings is 2. The van der Waals surface area contributed by atoms with Gasteiger partial charge in [-0.3, -0.25) is 0 Å². The van der Waals surface area contributed by atoms with Crippen LogP contribution in [0.4, 0.5) is 0 Å². The molecule has 0 saturated heterocycles. The second-order valence-corrected chi connectivity index (χ2v) is 7.90. The molecule has 178 valence electrons. The average Bonchev–Trinajstić information content (AvgIpc) is 3.20. The molecule has 0 unspecified atom stereocenters. The number of aromatic nitrogens is 4. The van der Waals surface area contributed by atoms with Crippen molar-refractivity contribution in [2.24, 2.45) is 0 Å². The third-order valence-electron chi connectivity index (χ3n) is 5.38. The quantitative estimate of drug-likeness (QED) is 0.358. The van der Waals surface area contributed by atoms with E-state index in [1.54, 1.807) is 45.1 Å². The molecule has 0 radical (unpaired) electrons. The normalized spacial score (nSPS) is 11.1. The van der Waals surface area contributed by atoms with Crippen LogP contribution in [0.5, 0.6) is 34.6 Å². The summed E-state index contributed by atoms with van der Waals surface area (Å²) in [5.41, 5.74) is 2.28. The lowest BCUT2D eigenvalue weighted by Crippen LogP contribution is -2.06. The Morgan fingerprint density at radius 3 is 1.97 bits per heavy atom. The van der Waals surface area contributed by atoms with Crippen LogP contribution in [0.3, 0.4) is 0 Å². The molecule has 9 nitrogen and oxygen atoms in total. The highest BCUT2D eigenvalue weighted by Gasteiger charge is 2.22. The highest BCUT2D eigenvalue weighted by Crippen LogP contribution is 2.42. The SMILES string of the molecule is COc1ccc(-c2nc(Oc3cc(OC)c(OC)c(OC)c3)c3c(C)nc(C(C)C)n3n2)cc1. The van der Waals surface area contributed by atoms with Gasteiger partial charge >= 0.3 is 0 Å². The molecule has 2 heterocycles. The summed E-state index contributed by atoms with van der Waals surface area (Å²) in [6, 6.07) is 11.0. The summed E-state index contributed by atoms with van der Waals surface area (Å²) in [6.07, 6.45) is 0. The fourth-order valence-corrected chi connectivity index (χ4v) is 3.69. The van der Waals surface area contributed by atoms with E-state index >= 15 is 0 Å². The molecule has 4 rings (SSSR count). The van der Waals surface area contributed by atoms with Crippen molar-refractivity contribution >= 4 is 5.52 Å². The first-order valence-corrected chi connectivity index (χ1v) is 10.8. The maximum Gasteiger partial charge on any atom is 0.249 e. The lowest BCUT2D eigenvalue weighted by Gasteiger charge is -2.15. The predicted octanol–water partition coefficient (Wildman–Crippen LogP) is 5.05. The first-order chi connectivity index (χ1) is 16.4. The molecule has 9 heteroatoms. The van der Waals surface area contributed by atoms with Gasteiger partial charge in [-0.25, -0.2) is 9.50 Å². The van der Waals surface area contributed by atoms with E-state index in [0.717, 1.165) is 22.8 Å². The molecule has 2 aromatic carbocycles. The van der Waals surface area contributed by atoms with Crippen LogP contribution in [-0.2, 0) is 0 Å². The highest BCUT2D eigenvalue weighted by molar-refractivity contribution is 5.66. The van der Waals surface area contributed by atoms with Crippen molar-refractivity contribution in [2.75, 3.05) is 28.4 Å². The van der Waals surface area contributed by atoms with Crippen molar-refractivity contribution < 1.29 is 23.7 Å². The summed E-state index contributed by atoms with van der Waals surface area (Å²) < 4.78 is 29.8. The van der Waals surface area contributed by atoms with Crippen LogP contribution >= 0.6 is 0 Å². The van der Waals surface area contributed by atoms with E-state index in [-0.39, 0.29) is 5.92 Å². The monoisotopic (exact) mass is 464 g/mol. The molecule has 0 aliphatic heterocycles. The standard InChI is InChI=1S/C25H28N4O5/c1-14(2)24-26-15(3)21-25(34-18-12-19(31-5)22(33-7)20(13-18)32-6)27-23(28-29(21)24)16-8-10-17(30-4)11-9-16/h8-14H,1-7H3. The minimum absolute atomic E-state index is 0.147. The second-order valence-electron chi connectivity index (χ2n) is 7.90. The zero-order valence-electron chi connectivity index (χ0n) is 20.4. The molecule has 0 aliphatic rings. The van der Waals surface area contributed by atoms with Gasteiger partial charge in [-0.15, -0.1) is 5.10 Å². The largest absolute Gasteiger partial charge is 0.497 e. The number of rotatable bonds is 8. The zero-order valence-corrected chi connectivity index (χ0v) is 20.4. The van der Waals surface area contributed by atoms with Gasteiger partial charge in [0.2, 0.25) is 11.6 Å². The molecule has 0 fully saturated rings. The molecule has 0 amide bonds. The summed E-state index contributed by atoms with van der Waals surface area (Å²) in [5, 5.41) is 4.79. The molecular formula is C25H28N4O5. The molecule has 0 saturated carbocycles. The summed E-state index contributed by atoms with van der Waals surface area (Å²) in [7, 11) is 6.30. The van der Waals surface area contributed by atoms with E-state index in [4.69, 9.17) is 38.8 Å². The number of fused-ring (bicyclic) bond motifs is 1. The van der Waals surface area contributed by atoms with Crippen LogP contribution in [0.15, 0.2) is 36.4 Å². The van der Waals surface area contributed by atoms with Crippen molar-refractivity contribution in [3.05, 3.63) is 47.9 Å². The van der Waals surface area contributed by atoms with Gasteiger partial charge in [0.1, 0.15) is 17.3 Å². The first-order valence-electron chi connectivity index (χ1n) is 10.8. The summed E-state index contributed by atoms with van der Waals surface area (Å²) in [5.74, 6) is 4.49. The van der Waals surface area contributed by atoms with Crippen molar-refractivity contribution in [2.45, 2.75) is 26.7 Å². The second kappa shape index (κ2) is 9.46. The molecule has 0 aliphatic carbocycles. The minimum atomic E-state index is 0.147. The van der Waals surface area contributed by atoms with Gasteiger partial charge in [-0.05, 0) is 31.2 Å². The zero-order chi connectivity index (χ0) is 24.4. The van der Waals surface area contributed by atoms with Gasteiger partial charge in [0.25, 0.3) is 0 Å². The van der Waals surface area contributed by atoms with E-state index in [2.05, 4.69) is 13.8 Å². The van der Waals surface area contributed by atoms with E-state index in [9.17, 15) is 0 Å². The molecule has 34 heavy (non-hydrogen) atoms. The van der Waals surface area contributed by atoms with Crippen molar-refractivity contribution in [1.29, 1.82) is 0 Å². The van der Waals surface area contributed by atoms with Gasteiger partial charge in [-0.1, -0.05) is 13.8 Å². The van der Waals surface area contributed by atoms with Crippen LogP contribution in [-0.4, -0.2) is 48.0 Å². The third kappa shape index (κ3) is 4.16. The molecular weight excluding hydrogens is 436 g/mol. The lowest BCUT2D eigenvalue weighted by atomic mass is 10.2. The molecule has 0 atom stereocenters. The van der Waals surface area contributed by atoms with Gasteiger partial charge in [0, 0.05) is 23.6 Å². The lowest BCUT2D eigenvalue weighted by molar-refractivity contribution is 0.320. The maximum atomic E-state index is 6.30. The summed E-state index contributed by atoms with van der Waals surface area (Å²) >= 11 is 0. The van der Waals surface area contributed by atoms with E-state index in [1.165, 1.54) is 0 Å². The molecule has 0 bridgehead atoms. The first kappa shape index (κ1) is 23.2. The maximum absolute atomic E-state index is 6.30. The fourth-order valence-electron chi connectivity index (χ4n) is 3.69. The predicted molar refractivity (Wildman–Crippen MR) is 128 cm³/mol. The minimum Gasteiger partial charge on any atom is -0.497 e. The van der Waals surface area contributed by atoms with E-state index in [1.807, 2.05) is 31.2 Å². The third-order valence-corrected chi connectivity index (χ3v) is 5.38. The van der Waals surface area contributed by atoms with E-state index in [0.29, 0.717) is 40.2 Å². The van der Waals surface area contributed by atoms with Gasteiger partial charge in [-0.2, -0.15) is 4.98 Å². The fraction of sp³-hybridized carbons (Fsp3) is 0.320.